The van der Waals surface area contributed by atoms with Crippen LogP contribution in [0.25, 0.3) is 0 Å². The molecular formula is C13H10FN3S. The number of anilines is 1. The summed E-state index contributed by atoms with van der Waals surface area (Å²) in [6, 6.07) is 9.82. The molecule has 18 heavy (non-hydrogen) atoms. The summed E-state index contributed by atoms with van der Waals surface area (Å²) < 4.78 is 13.2. The number of thioether (sulfide) groups is 1. The van der Waals surface area contributed by atoms with E-state index in [1.807, 2.05) is 12.1 Å². The molecule has 0 spiro atoms. The molecule has 2 aromatic rings. The van der Waals surface area contributed by atoms with Crippen molar-refractivity contribution in [3.8, 4) is 6.07 Å². The first-order chi connectivity index (χ1) is 8.67. The van der Waals surface area contributed by atoms with Crippen molar-refractivity contribution in [1.29, 1.82) is 5.26 Å². The topological polar surface area (TPSA) is 62.7 Å². The van der Waals surface area contributed by atoms with Gasteiger partial charge in [-0.15, -0.1) is 11.8 Å². The van der Waals surface area contributed by atoms with E-state index in [1.54, 1.807) is 18.3 Å². The Morgan fingerprint density at radius 2 is 2.17 bits per heavy atom. The summed E-state index contributed by atoms with van der Waals surface area (Å²) in [7, 11) is 0. The Labute approximate surface area is 108 Å². The highest BCUT2D eigenvalue weighted by atomic mass is 32.2. The van der Waals surface area contributed by atoms with Crippen LogP contribution in [0.1, 0.15) is 11.1 Å². The molecule has 2 rings (SSSR count). The van der Waals surface area contributed by atoms with Crippen LogP contribution in [0.3, 0.4) is 0 Å². The van der Waals surface area contributed by atoms with Gasteiger partial charge >= 0.3 is 0 Å². The molecule has 2 N–H and O–H groups in total. The van der Waals surface area contributed by atoms with Gasteiger partial charge in [-0.05, 0) is 35.9 Å². The number of hydrogen-bond acceptors (Lipinski definition) is 4. The molecule has 0 unspecified atom stereocenters. The number of nitrogens with two attached hydrogens (primary N) is 1. The molecule has 1 heterocycles. The van der Waals surface area contributed by atoms with Gasteiger partial charge in [0, 0.05) is 5.75 Å². The number of pyridine rings is 1. The number of benzene rings is 1. The minimum Gasteiger partial charge on any atom is -0.397 e. The Balaban J connectivity index is 2.08. The van der Waals surface area contributed by atoms with E-state index in [4.69, 9.17) is 11.0 Å². The number of hydrogen-bond donors (Lipinski definition) is 1. The maximum absolute atomic E-state index is 13.2. The lowest BCUT2D eigenvalue weighted by Gasteiger charge is -2.03. The number of halogens is 1. The van der Waals surface area contributed by atoms with Gasteiger partial charge in [-0.25, -0.2) is 9.37 Å². The van der Waals surface area contributed by atoms with Gasteiger partial charge in [0.1, 0.15) is 5.82 Å². The van der Waals surface area contributed by atoms with Crippen LogP contribution in [0.2, 0.25) is 0 Å². The standard InChI is InChI=1S/C13H10FN3S/c14-11-4-9(6-15)3-10(5-11)8-18-13-2-1-12(16)7-17-13/h1-5,7H,8,16H2. The molecule has 0 radical (unpaired) electrons. The number of aromatic nitrogens is 1. The van der Waals surface area contributed by atoms with Crippen molar-refractivity contribution < 1.29 is 4.39 Å². The summed E-state index contributed by atoms with van der Waals surface area (Å²) in [5.74, 6) is 0.165. The molecule has 1 aromatic heterocycles. The van der Waals surface area contributed by atoms with E-state index >= 15 is 0 Å². The molecule has 0 atom stereocenters. The van der Waals surface area contributed by atoms with Crippen molar-refractivity contribution in [3.63, 3.8) is 0 Å². The van der Waals surface area contributed by atoms with Crippen molar-refractivity contribution in [2.24, 2.45) is 0 Å². The Morgan fingerprint density at radius 1 is 1.33 bits per heavy atom. The maximum atomic E-state index is 13.2. The van der Waals surface area contributed by atoms with Gasteiger partial charge in [0.05, 0.1) is 28.5 Å². The number of nitrogens with zero attached hydrogens (tertiary/aromatic N) is 2. The molecule has 3 nitrogen and oxygen atoms in total. The van der Waals surface area contributed by atoms with Gasteiger partial charge < -0.3 is 5.73 Å². The summed E-state index contributed by atoms with van der Waals surface area (Å²) >= 11 is 1.47. The molecule has 90 valence electrons. The minimum absolute atomic E-state index is 0.330. The van der Waals surface area contributed by atoms with Gasteiger partial charge in [0.25, 0.3) is 0 Å². The average Bonchev–Trinajstić information content (AvgIpc) is 2.37. The number of nitriles is 1. The molecule has 0 aliphatic rings. The molecular weight excluding hydrogens is 249 g/mol. The molecule has 0 fully saturated rings. The van der Waals surface area contributed by atoms with Gasteiger partial charge in [0.2, 0.25) is 0 Å². The highest BCUT2D eigenvalue weighted by molar-refractivity contribution is 7.98. The van der Waals surface area contributed by atoms with Crippen molar-refractivity contribution in [1.82, 2.24) is 4.98 Å². The predicted octanol–water partition coefficient (Wildman–Crippen LogP) is 2.97. The zero-order valence-corrected chi connectivity index (χ0v) is 10.2. The Kier molecular flexibility index (Phi) is 3.80. The van der Waals surface area contributed by atoms with Crippen LogP contribution in [-0.4, -0.2) is 4.98 Å². The monoisotopic (exact) mass is 259 g/mol. The van der Waals surface area contributed by atoms with E-state index in [1.165, 1.54) is 23.9 Å². The Hall–Kier alpha value is -2.06. The quantitative estimate of drug-likeness (QED) is 0.861. The van der Waals surface area contributed by atoms with Gasteiger partial charge in [0.15, 0.2) is 0 Å². The van der Waals surface area contributed by atoms with Crippen LogP contribution in [0.5, 0.6) is 0 Å². The zero-order valence-electron chi connectivity index (χ0n) is 9.43. The molecule has 5 heteroatoms. The number of nitrogen functional groups attached to an aromatic ring is 1. The third-order valence-corrected chi connectivity index (χ3v) is 3.25. The summed E-state index contributed by atoms with van der Waals surface area (Å²) in [5.41, 5.74) is 7.23. The highest BCUT2D eigenvalue weighted by Gasteiger charge is 2.02. The van der Waals surface area contributed by atoms with Crippen LogP contribution < -0.4 is 5.73 Å². The van der Waals surface area contributed by atoms with Crippen molar-refractivity contribution in [2.75, 3.05) is 5.73 Å². The largest absolute Gasteiger partial charge is 0.397 e. The normalized spacial score (nSPS) is 10.0. The fraction of sp³-hybridized carbons (Fsp3) is 0.0769. The van der Waals surface area contributed by atoms with Crippen LogP contribution in [0.15, 0.2) is 41.6 Å². The van der Waals surface area contributed by atoms with E-state index in [0.29, 0.717) is 17.0 Å². The lowest BCUT2D eigenvalue weighted by molar-refractivity contribution is 0.626. The van der Waals surface area contributed by atoms with E-state index in [2.05, 4.69) is 4.98 Å². The first-order valence-electron chi connectivity index (χ1n) is 5.21. The summed E-state index contributed by atoms with van der Waals surface area (Å²) in [6.07, 6.45) is 1.58. The van der Waals surface area contributed by atoms with Crippen molar-refractivity contribution >= 4 is 17.4 Å². The smallest absolute Gasteiger partial charge is 0.124 e. The molecule has 1 aromatic carbocycles. The Morgan fingerprint density at radius 3 is 2.83 bits per heavy atom. The van der Waals surface area contributed by atoms with Gasteiger partial charge in [-0.2, -0.15) is 5.26 Å². The maximum Gasteiger partial charge on any atom is 0.124 e. The van der Waals surface area contributed by atoms with Crippen LogP contribution in [0, 0.1) is 17.1 Å². The van der Waals surface area contributed by atoms with Crippen LogP contribution in [-0.2, 0) is 5.75 Å². The summed E-state index contributed by atoms with van der Waals surface area (Å²) in [4.78, 5) is 4.14. The SMILES string of the molecule is N#Cc1cc(F)cc(CSc2ccc(N)cn2)c1. The average molecular weight is 259 g/mol. The fourth-order valence-electron chi connectivity index (χ4n) is 1.43. The molecule has 0 aliphatic carbocycles. The van der Waals surface area contributed by atoms with Crippen molar-refractivity contribution in [2.45, 2.75) is 10.8 Å². The summed E-state index contributed by atoms with van der Waals surface area (Å²) in [6.45, 7) is 0. The highest BCUT2D eigenvalue weighted by Crippen LogP contribution is 2.22. The second-order valence-electron chi connectivity index (χ2n) is 3.68. The second kappa shape index (κ2) is 5.52. The first-order valence-corrected chi connectivity index (χ1v) is 6.20. The second-order valence-corrected chi connectivity index (χ2v) is 4.67. The molecule has 0 saturated carbocycles. The third-order valence-electron chi connectivity index (χ3n) is 2.23. The first kappa shape index (κ1) is 12.4. The molecule has 0 saturated heterocycles. The van der Waals surface area contributed by atoms with Gasteiger partial charge in [-0.3, -0.25) is 0 Å². The molecule has 0 bridgehead atoms. The van der Waals surface area contributed by atoms with E-state index in [-0.39, 0.29) is 0 Å². The number of rotatable bonds is 3. The lowest BCUT2D eigenvalue weighted by atomic mass is 10.1. The molecule has 0 aliphatic heterocycles. The van der Waals surface area contributed by atoms with E-state index < -0.39 is 5.82 Å². The van der Waals surface area contributed by atoms with E-state index in [9.17, 15) is 4.39 Å². The minimum atomic E-state index is -0.394. The predicted molar refractivity (Wildman–Crippen MR) is 69.3 cm³/mol. The molecule has 0 amide bonds. The summed E-state index contributed by atoms with van der Waals surface area (Å²) in [5, 5.41) is 9.56. The van der Waals surface area contributed by atoms with Crippen LogP contribution in [0.4, 0.5) is 10.1 Å². The van der Waals surface area contributed by atoms with Gasteiger partial charge in [-0.1, -0.05) is 0 Å². The zero-order chi connectivity index (χ0) is 13.0. The van der Waals surface area contributed by atoms with Crippen LogP contribution >= 0.6 is 11.8 Å². The Bertz CT molecular complexity index is 590. The third kappa shape index (κ3) is 3.22. The van der Waals surface area contributed by atoms with E-state index in [0.717, 1.165) is 10.6 Å². The fourth-order valence-corrected chi connectivity index (χ4v) is 2.21. The van der Waals surface area contributed by atoms with Crippen molar-refractivity contribution in [3.05, 3.63) is 53.5 Å². The lowest BCUT2D eigenvalue weighted by Crippen LogP contribution is -1.89.